The fourth-order valence-electron chi connectivity index (χ4n) is 1.25. The molecule has 1 aliphatic rings. The molecule has 0 amide bonds. The molecular weight excluding hydrogens is 134 g/mol. The second kappa shape index (κ2) is 3.61. The molecule has 0 radical (unpaired) electrons. The van der Waals surface area contributed by atoms with Gasteiger partial charge in [-0.2, -0.15) is 0 Å². The van der Waals surface area contributed by atoms with Gasteiger partial charge >= 0.3 is 0 Å². The molecule has 62 valence electrons. The summed E-state index contributed by atoms with van der Waals surface area (Å²) in [6.45, 7) is 5.49. The van der Waals surface area contributed by atoms with Gasteiger partial charge in [-0.3, -0.25) is 0 Å². The Bertz CT molecular complexity index is 189. The van der Waals surface area contributed by atoms with Gasteiger partial charge in [-0.25, -0.2) is 0 Å². The van der Waals surface area contributed by atoms with E-state index in [9.17, 15) is 0 Å². The van der Waals surface area contributed by atoms with Gasteiger partial charge < -0.3 is 4.90 Å². The molecule has 0 aliphatic heterocycles. The highest BCUT2D eigenvalue weighted by Crippen LogP contribution is 2.19. The van der Waals surface area contributed by atoms with E-state index in [2.05, 4.69) is 37.9 Å². The summed E-state index contributed by atoms with van der Waals surface area (Å²) in [6.07, 6.45) is 6.91. The van der Waals surface area contributed by atoms with Crippen LogP contribution in [0.2, 0.25) is 0 Å². The highest BCUT2D eigenvalue weighted by Gasteiger charge is 2.05. The Labute approximate surface area is 69.4 Å². The molecule has 0 spiro atoms. The van der Waals surface area contributed by atoms with E-state index in [1.165, 1.54) is 24.1 Å². The van der Waals surface area contributed by atoms with Crippen LogP contribution in [0.3, 0.4) is 0 Å². The second-order valence-electron chi connectivity index (χ2n) is 3.19. The summed E-state index contributed by atoms with van der Waals surface area (Å²) in [4.78, 5) is 2.31. The maximum atomic E-state index is 2.31. The van der Waals surface area contributed by atoms with Gasteiger partial charge in [0.05, 0.1) is 0 Å². The van der Waals surface area contributed by atoms with Crippen molar-refractivity contribution < 1.29 is 0 Å². The van der Waals surface area contributed by atoms with E-state index in [-0.39, 0.29) is 0 Å². The van der Waals surface area contributed by atoms with Crippen LogP contribution in [0, 0.1) is 0 Å². The minimum atomic E-state index is 1.11. The molecule has 1 heteroatoms. The van der Waals surface area contributed by atoms with Gasteiger partial charge in [-0.1, -0.05) is 11.6 Å². The van der Waals surface area contributed by atoms with Crippen LogP contribution in [-0.4, -0.2) is 18.5 Å². The first-order valence-electron chi connectivity index (χ1n) is 4.31. The van der Waals surface area contributed by atoms with Crippen LogP contribution < -0.4 is 0 Å². The SMILES string of the molecule is CCN(C)C1=CC=C(C)CC1. The monoisotopic (exact) mass is 151 g/mol. The van der Waals surface area contributed by atoms with Crippen molar-refractivity contribution >= 4 is 0 Å². The van der Waals surface area contributed by atoms with Crippen LogP contribution in [0.1, 0.15) is 26.7 Å². The summed E-state index contributed by atoms with van der Waals surface area (Å²) < 4.78 is 0. The van der Waals surface area contributed by atoms with E-state index < -0.39 is 0 Å². The highest BCUT2D eigenvalue weighted by molar-refractivity contribution is 5.21. The zero-order valence-electron chi connectivity index (χ0n) is 7.72. The molecule has 0 aromatic heterocycles. The summed E-state index contributed by atoms with van der Waals surface area (Å²) in [5.41, 5.74) is 2.97. The Kier molecular flexibility index (Phi) is 2.75. The molecule has 0 N–H and O–H groups in total. The molecule has 1 nitrogen and oxygen atoms in total. The van der Waals surface area contributed by atoms with Crippen molar-refractivity contribution in [2.75, 3.05) is 13.6 Å². The van der Waals surface area contributed by atoms with Gasteiger partial charge in [-0.15, -0.1) is 0 Å². The van der Waals surface area contributed by atoms with E-state index in [4.69, 9.17) is 0 Å². The molecule has 0 saturated heterocycles. The van der Waals surface area contributed by atoms with Gasteiger partial charge in [0.1, 0.15) is 0 Å². The van der Waals surface area contributed by atoms with Crippen molar-refractivity contribution in [1.82, 2.24) is 4.90 Å². The molecule has 1 aliphatic carbocycles. The van der Waals surface area contributed by atoms with Crippen molar-refractivity contribution in [2.24, 2.45) is 0 Å². The molecule has 0 fully saturated rings. The summed E-state index contributed by atoms with van der Waals surface area (Å²) in [5.74, 6) is 0. The van der Waals surface area contributed by atoms with Crippen molar-refractivity contribution in [1.29, 1.82) is 0 Å². The summed E-state index contributed by atoms with van der Waals surface area (Å²) in [7, 11) is 2.15. The fraction of sp³-hybridized carbons (Fsp3) is 0.600. The Morgan fingerprint density at radius 2 is 2.09 bits per heavy atom. The lowest BCUT2D eigenvalue weighted by Gasteiger charge is -2.22. The molecule has 0 saturated carbocycles. The zero-order valence-corrected chi connectivity index (χ0v) is 7.72. The lowest BCUT2D eigenvalue weighted by molar-refractivity contribution is 0.421. The number of allylic oxidation sites excluding steroid dienone is 4. The third kappa shape index (κ3) is 2.11. The molecule has 0 aromatic carbocycles. The van der Waals surface area contributed by atoms with Crippen LogP contribution in [0.15, 0.2) is 23.4 Å². The first kappa shape index (κ1) is 8.38. The third-order valence-electron chi connectivity index (χ3n) is 2.30. The topological polar surface area (TPSA) is 3.24 Å². The largest absolute Gasteiger partial charge is 0.378 e. The Balaban J connectivity index is 2.60. The molecule has 11 heavy (non-hydrogen) atoms. The standard InChI is InChI=1S/C10H17N/c1-4-11(3)10-7-5-9(2)6-8-10/h5,7H,4,6,8H2,1-3H3. The van der Waals surface area contributed by atoms with E-state index in [1.807, 2.05) is 0 Å². The fourth-order valence-corrected chi connectivity index (χ4v) is 1.25. The number of hydrogen-bond donors (Lipinski definition) is 0. The average Bonchev–Trinajstić information content (AvgIpc) is 2.05. The van der Waals surface area contributed by atoms with Gasteiger partial charge in [-0.05, 0) is 32.8 Å². The maximum Gasteiger partial charge on any atom is 0.0143 e. The lowest BCUT2D eigenvalue weighted by Crippen LogP contribution is -2.17. The minimum absolute atomic E-state index is 1.11. The first-order valence-corrected chi connectivity index (χ1v) is 4.31. The van der Waals surface area contributed by atoms with Crippen LogP contribution in [0.5, 0.6) is 0 Å². The van der Waals surface area contributed by atoms with E-state index in [0.717, 1.165) is 6.54 Å². The summed E-state index contributed by atoms with van der Waals surface area (Å²) >= 11 is 0. The van der Waals surface area contributed by atoms with Crippen molar-refractivity contribution in [3.05, 3.63) is 23.4 Å². The smallest absolute Gasteiger partial charge is 0.0143 e. The van der Waals surface area contributed by atoms with Crippen molar-refractivity contribution in [3.63, 3.8) is 0 Å². The minimum Gasteiger partial charge on any atom is -0.378 e. The van der Waals surface area contributed by atoms with E-state index in [1.54, 1.807) is 0 Å². The molecule has 0 bridgehead atoms. The maximum absolute atomic E-state index is 2.31. The second-order valence-corrected chi connectivity index (χ2v) is 3.19. The molecular formula is C10H17N. The van der Waals surface area contributed by atoms with E-state index >= 15 is 0 Å². The molecule has 0 heterocycles. The lowest BCUT2D eigenvalue weighted by atomic mass is 10.0. The van der Waals surface area contributed by atoms with Crippen molar-refractivity contribution in [2.45, 2.75) is 26.7 Å². The average molecular weight is 151 g/mol. The number of nitrogens with zero attached hydrogens (tertiary/aromatic N) is 1. The van der Waals surface area contributed by atoms with E-state index in [0.29, 0.717) is 0 Å². The number of hydrogen-bond acceptors (Lipinski definition) is 1. The third-order valence-corrected chi connectivity index (χ3v) is 2.30. The molecule has 0 unspecified atom stereocenters. The predicted molar refractivity (Wildman–Crippen MR) is 49.4 cm³/mol. The van der Waals surface area contributed by atoms with Crippen LogP contribution in [0.4, 0.5) is 0 Å². The van der Waals surface area contributed by atoms with Gasteiger partial charge in [0.2, 0.25) is 0 Å². The van der Waals surface area contributed by atoms with Gasteiger partial charge in [0, 0.05) is 19.3 Å². The molecule has 0 atom stereocenters. The Morgan fingerprint density at radius 3 is 2.55 bits per heavy atom. The Hall–Kier alpha value is -0.720. The van der Waals surface area contributed by atoms with Crippen LogP contribution in [0.25, 0.3) is 0 Å². The predicted octanol–water partition coefficient (Wildman–Crippen LogP) is 2.56. The zero-order chi connectivity index (χ0) is 8.27. The van der Waals surface area contributed by atoms with Crippen LogP contribution in [-0.2, 0) is 0 Å². The molecule has 0 aromatic rings. The number of rotatable bonds is 2. The summed E-state index contributed by atoms with van der Waals surface area (Å²) in [6, 6.07) is 0. The summed E-state index contributed by atoms with van der Waals surface area (Å²) in [5, 5.41) is 0. The van der Waals surface area contributed by atoms with Crippen molar-refractivity contribution in [3.8, 4) is 0 Å². The Morgan fingerprint density at radius 1 is 1.36 bits per heavy atom. The first-order chi connectivity index (χ1) is 5.24. The normalized spacial score (nSPS) is 17.4. The van der Waals surface area contributed by atoms with Gasteiger partial charge in [0.25, 0.3) is 0 Å². The highest BCUT2D eigenvalue weighted by atomic mass is 15.1. The quantitative estimate of drug-likeness (QED) is 0.586. The van der Waals surface area contributed by atoms with Gasteiger partial charge in [0.15, 0.2) is 0 Å². The molecule has 1 rings (SSSR count). The van der Waals surface area contributed by atoms with Crippen LogP contribution >= 0.6 is 0 Å².